The number of halogens is 1. The number of H-pyrrole nitrogens is 1. The van der Waals surface area contributed by atoms with E-state index in [0.717, 1.165) is 21.4 Å². The van der Waals surface area contributed by atoms with Crippen LogP contribution in [0.2, 0.25) is 0 Å². The molecule has 0 aromatic carbocycles. The van der Waals surface area contributed by atoms with Crippen molar-refractivity contribution in [1.29, 1.82) is 0 Å². The van der Waals surface area contributed by atoms with Gasteiger partial charge in [0.25, 0.3) is 5.91 Å². The van der Waals surface area contributed by atoms with Gasteiger partial charge in [-0.05, 0) is 36.4 Å². The second kappa shape index (κ2) is 5.51. The van der Waals surface area contributed by atoms with E-state index < -0.39 is 0 Å². The van der Waals surface area contributed by atoms with Gasteiger partial charge in [0, 0.05) is 24.3 Å². The van der Waals surface area contributed by atoms with Crippen molar-refractivity contribution in [3.05, 3.63) is 32.9 Å². The third-order valence-electron chi connectivity index (χ3n) is 2.76. The smallest absolute Gasteiger partial charge is 0.270 e. The Bertz CT molecular complexity index is 560. The third-order valence-corrected chi connectivity index (χ3v) is 3.58. The van der Waals surface area contributed by atoms with Crippen LogP contribution in [-0.2, 0) is 13.1 Å². The maximum atomic E-state index is 11.9. The van der Waals surface area contributed by atoms with Gasteiger partial charge in [0.2, 0.25) is 0 Å². The number of nitrogens with one attached hydrogen (secondary N) is 2. The average Bonchev–Trinajstić information content (AvgIpc) is 2.93. The van der Waals surface area contributed by atoms with E-state index in [9.17, 15) is 4.79 Å². The molecule has 0 radical (unpaired) electrons. The van der Waals surface area contributed by atoms with Crippen molar-refractivity contribution in [2.45, 2.75) is 26.9 Å². The van der Waals surface area contributed by atoms with Crippen LogP contribution in [-0.4, -0.2) is 25.9 Å². The zero-order valence-corrected chi connectivity index (χ0v) is 12.4. The summed E-state index contributed by atoms with van der Waals surface area (Å²) in [5, 5.41) is 13.6. The Labute approximate surface area is 118 Å². The summed E-state index contributed by atoms with van der Waals surface area (Å²) in [4.78, 5) is 11.9. The highest BCUT2D eigenvalue weighted by Gasteiger charge is 2.12. The summed E-state index contributed by atoms with van der Waals surface area (Å²) in [7, 11) is 0. The lowest BCUT2D eigenvalue weighted by Gasteiger charge is -2.04. The van der Waals surface area contributed by atoms with Gasteiger partial charge >= 0.3 is 0 Å². The minimum absolute atomic E-state index is 0.152. The Balaban J connectivity index is 2.02. The molecule has 2 heterocycles. The van der Waals surface area contributed by atoms with Crippen LogP contribution >= 0.6 is 22.6 Å². The number of hydrogen-bond donors (Lipinski definition) is 2. The number of aromatic amines is 1. The molecule has 0 aliphatic carbocycles. The van der Waals surface area contributed by atoms with E-state index in [-0.39, 0.29) is 5.91 Å². The van der Waals surface area contributed by atoms with Crippen LogP contribution in [0.4, 0.5) is 0 Å². The predicted molar refractivity (Wildman–Crippen MR) is 75.1 cm³/mol. The topological polar surface area (TPSA) is 75.6 Å². The molecule has 2 N–H and O–H groups in total. The molecule has 7 heteroatoms. The number of amides is 1. The van der Waals surface area contributed by atoms with Gasteiger partial charge in [-0.1, -0.05) is 0 Å². The van der Waals surface area contributed by atoms with Crippen LogP contribution in [0.5, 0.6) is 0 Å². The van der Waals surface area contributed by atoms with Crippen molar-refractivity contribution in [3.63, 3.8) is 0 Å². The lowest BCUT2D eigenvalue weighted by Crippen LogP contribution is -2.24. The second-order valence-electron chi connectivity index (χ2n) is 3.85. The molecule has 1 amide bonds. The average molecular weight is 359 g/mol. The monoisotopic (exact) mass is 359 g/mol. The minimum Gasteiger partial charge on any atom is -0.346 e. The molecular weight excluding hydrogens is 345 g/mol. The molecule has 2 rings (SSSR count). The maximum Gasteiger partial charge on any atom is 0.270 e. The number of carbonyl (C=O) groups is 1. The van der Waals surface area contributed by atoms with Gasteiger partial charge in [-0.2, -0.15) is 10.2 Å². The molecule has 0 saturated heterocycles. The Morgan fingerprint density at radius 3 is 2.89 bits per heavy atom. The molecule has 0 saturated carbocycles. The molecule has 96 valence electrons. The first-order valence-corrected chi connectivity index (χ1v) is 6.69. The summed E-state index contributed by atoms with van der Waals surface area (Å²) < 4.78 is 2.72. The van der Waals surface area contributed by atoms with Gasteiger partial charge in [0.1, 0.15) is 5.69 Å². The molecule has 0 atom stereocenters. The maximum absolute atomic E-state index is 11.9. The third kappa shape index (κ3) is 2.55. The number of carbonyl (C=O) groups excluding carboxylic acids is 1. The number of aryl methyl sites for hydroxylation is 1. The van der Waals surface area contributed by atoms with Gasteiger partial charge in [0.05, 0.1) is 16.0 Å². The summed E-state index contributed by atoms with van der Waals surface area (Å²) in [6.07, 6.45) is 3.41. The van der Waals surface area contributed by atoms with E-state index >= 15 is 0 Å². The van der Waals surface area contributed by atoms with Gasteiger partial charge in [-0.25, -0.2) is 0 Å². The SMILES string of the molecule is CCn1ncc(CNC(=O)c2[nH]ncc2I)c1C. The van der Waals surface area contributed by atoms with Crippen molar-refractivity contribution in [1.82, 2.24) is 25.3 Å². The van der Waals surface area contributed by atoms with Crippen molar-refractivity contribution >= 4 is 28.5 Å². The molecule has 0 aliphatic rings. The van der Waals surface area contributed by atoms with Crippen LogP contribution in [0, 0.1) is 10.5 Å². The van der Waals surface area contributed by atoms with E-state index in [2.05, 4.69) is 43.2 Å². The van der Waals surface area contributed by atoms with E-state index in [1.54, 1.807) is 12.4 Å². The normalized spacial score (nSPS) is 10.6. The summed E-state index contributed by atoms with van der Waals surface area (Å²) in [6, 6.07) is 0. The Morgan fingerprint density at radius 1 is 1.56 bits per heavy atom. The number of nitrogens with zero attached hydrogens (tertiary/aromatic N) is 3. The fourth-order valence-corrected chi connectivity index (χ4v) is 2.18. The number of rotatable bonds is 4. The Kier molecular flexibility index (Phi) is 4.00. The Morgan fingerprint density at radius 2 is 2.33 bits per heavy atom. The molecule has 0 bridgehead atoms. The summed E-state index contributed by atoms with van der Waals surface area (Å²) in [5.74, 6) is -0.152. The molecule has 0 unspecified atom stereocenters. The first-order chi connectivity index (χ1) is 8.63. The standard InChI is InChI=1S/C11H14IN5O/c1-3-17-7(2)8(5-15-17)4-13-11(18)10-9(12)6-14-16-10/h5-6H,3-4H2,1-2H3,(H,13,18)(H,14,16). The van der Waals surface area contributed by atoms with Crippen molar-refractivity contribution in [3.8, 4) is 0 Å². The van der Waals surface area contributed by atoms with Crippen LogP contribution in [0.3, 0.4) is 0 Å². The van der Waals surface area contributed by atoms with Crippen LogP contribution < -0.4 is 5.32 Å². The highest BCUT2D eigenvalue weighted by Crippen LogP contribution is 2.09. The second-order valence-corrected chi connectivity index (χ2v) is 5.01. The minimum atomic E-state index is -0.152. The summed E-state index contributed by atoms with van der Waals surface area (Å²) in [5.41, 5.74) is 2.60. The molecule has 0 fully saturated rings. The molecule has 18 heavy (non-hydrogen) atoms. The lowest BCUT2D eigenvalue weighted by atomic mass is 10.2. The fraction of sp³-hybridized carbons (Fsp3) is 0.364. The van der Waals surface area contributed by atoms with Crippen molar-refractivity contribution in [2.75, 3.05) is 0 Å². The summed E-state index contributed by atoms with van der Waals surface area (Å²) >= 11 is 2.07. The van der Waals surface area contributed by atoms with E-state index in [4.69, 9.17) is 0 Å². The van der Waals surface area contributed by atoms with Crippen LogP contribution in [0.25, 0.3) is 0 Å². The number of hydrogen-bond acceptors (Lipinski definition) is 3. The van der Waals surface area contributed by atoms with E-state index in [1.807, 2.05) is 18.5 Å². The molecule has 0 aliphatic heterocycles. The Hall–Kier alpha value is -1.38. The molecule has 2 aromatic heterocycles. The van der Waals surface area contributed by atoms with Crippen molar-refractivity contribution < 1.29 is 4.79 Å². The van der Waals surface area contributed by atoms with Gasteiger partial charge in [-0.3, -0.25) is 14.6 Å². The quantitative estimate of drug-likeness (QED) is 0.812. The predicted octanol–water partition coefficient (Wildman–Crippen LogP) is 1.47. The van der Waals surface area contributed by atoms with E-state index in [0.29, 0.717) is 12.2 Å². The zero-order chi connectivity index (χ0) is 13.1. The molecular formula is C11H14IN5O. The zero-order valence-electron chi connectivity index (χ0n) is 10.2. The fourth-order valence-electron chi connectivity index (χ4n) is 1.67. The van der Waals surface area contributed by atoms with Crippen molar-refractivity contribution in [2.24, 2.45) is 0 Å². The summed E-state index contributed by atoms with van der Waals surface area (Å²) in [6.45, 7) is 5.34. The molecule has 6 nitrogen and oxygen atoms in total. The van der Waals surface area contributed by atoms with Gasteiger partial charge in [0.15, 0.2) is 0 Å². The van der Waals surface area contributed by atoms with Gasteiger partial charge < -0.3 is 5.32 Å². The van der Waals surface area contributed by atoms with Gasteiger partial charge in [-0.15, -0.1) is 0 Å². The molecule has 0 spiro atoms. The molecule has 2 aromatic rings. The lowest BCUT2D eigenvalue weighted by molar-refractivity contribution is 0.0945. The van der Waals surface area contributed by atoms with E-state index in [1.165, 1.54) is 0 Å². The largest absolute Gasteiger partial charge is 0.346 e. The highest BCUT2D eigenvalue weighted by molar-refractivity contribution is 14.1. The van der Waals surface area contributed by atoms with Crippen LogP contribution in [0.1, 0.15) is 28.7 Å². The number of aromatic nitrogens is 4. The first kappa shape index (κ1) is 13.1. The highest BCUT2D eigenvalue weighted by atomic mass is 127. The van der Waals surface area contributed by atoms with Crippen LogP contribution in [0.15, 0.2) is 12.4 Å². The first-order valence-electron chi connectivity index (χ1n) is 5.61.